The molecule has 0 atom stereocenters. The zero-order valence-electron chi connectivity index (χ0n) is 16.5. The van der Waals surface area contributed by atoms with Crippen LogP contribution in [0, 0.1) is 6.92 Å². The Morgan fingerprint density at radius 2 is 1.94 bits per heavy atom. The third-order valence-electron chi connectivity index (χ3n) is 4.37. The van der Waals surface area contributed by atoms with E-state index < -0.39 is 45.3 Å². The number of aromatic nitrogens is 2. The van der Waals surface area contributed by atoms with Gasteiger partial charge in [0.15, 0.2) is 6.61 Å². The Hall–Kier alpha value is -3.29. The molecule has 1 aliphatic rings. The van der Waals surface area contributed by atoms with Gasteiger partial charge < -0.3 is 19.8 Å². The minimum Gasteiger partial charge on any atom is -0.452 e. The molecular formula is C18H20N4O8S. The second kappa shape index (κ2) is 9.24. The second-order valence-electron chi connectivity index (χ2n) is 6.63. The number of benzene rings is 1. The van der Waals surface area contributed by atoms with E-state index in [1.807, 2.05) is 4.98 Å². The molecule has 166 valence electrons. The number of aromatic amines is 2. The second-order valence-corrected chi connectivity index (χ2v) is 8.53. The van der Waals surface area contributed by atoms with Gasteiger partial charge in [-0.05, 0) is 24.6 Å². The van der Waals surface area contributed by atoms with Gasteiger partial charge in [-0.25, -0.2) is 18.0 Å². The molecule has 0 radical (unpaired) electrons. The van der Waals surface area contributed by atoms with E-state index in [4.69, 9.17) is 9.47 Å². The van der Waals surface area contributed by atoms with Crippen molar-refractivity contribution in [2.45, 2.75) is 11.8 Å². The number of hydrogen-bond acceptors (Lipinski definition) is 8. The predicted molar refractivity (Wildman–Crippen MR) is 107 cm³/mol. The summed E-state index contributed by atoms with van der Waals surface area (Å²) in [4.78, 5) is 50.7. The van der Waals surface area contributed by atoms with Crippen LogP contribution in [0.4, 0.5) is 5.69 Å². The lowest BCUT2D eigenvalue weighted by atomic mass is 10.2. The minimum atomic E-state index is -3.89. The van der Waals surface area contributed by atoms with Crippen LogP contribution in [0.5, 0.6) is 0 Å². The Balaban J connectivity index is 1.73. The lowest BCUT2D eigenvalue weighted by Crippen LogP contribution is -2.41. The fourth-order valence-electron chi connectivity index (χ4n) is 2.83. The Bertz CT molecular complexity index is 1210. The topological polar surface area (TPSA) is 168 Å². The van der Waals surface area contributed by atoms with Crippen molar-refractivity contribution < 1.29 is 27.5 Å². The average molecular weight is 452 g/mol. The van der Waals surface area contributed by atoms with E-state index in [-0.39, 0.29) is 36.9 Å². The van der Waals surface area contributed by atoms with Crippen LogP contribution in [0.25, 0.3) is 0 Å². The van der Waals surface area contributed by atoms with Crippen LogP contribution in [-0.4, -0.2) is 67.5 Å². The normalized spacial score (nSPS) is 14.7. The van der Waals surface area contributed by atoms with E-state index in [1.165, 1.54) is 16.4 Å². The van der Waals surface area contributed by atoms with Crippen LogP contribution >= 0.6 is 0 Å². The van der Waals surface area contributed by atoms with Crippen LogP contribution in [-0.2, 0) is 24.3 Å². The van der Waals surface area contributed by atoms with Gasteiger partial charge in [-0.1, -0.05) is 6.07 Å². The van der Waals surface area contributed by atoms with Gasteiger partial charge in [0.25, 0.3) is 11.5 Å². The molecular weight excluding hydrogens is 432 g/mol. The number of amides is 1. The van der Waals surface area contributed by atoms with Crippen LogP contribution in [0.15, 0.2) is 38.9 Å². The van der Waals surface area contributed by atoms with Gasteiger partial charge in [0.2, 0.25) is 10.0 Å². The van der Waals surface area contributed by atoms with Crippen molar-refractivity contribution in [2.24, 2.45) is 0 Å². The predicted octanol–water partition coefficient (Wildman–Crippen LogP) is -0.812. The number of nitrogens with zero attached hydrogens (tertiary/aromatic N) is 1. The van der Waals surface area contributed by atoms with E-state index in [9.17, 15) is 27.6 Å². The molecule has 1 aromatic carbocycles. The average Bonchev–Trinajstić information content (AvgIpc) is 2.74. The van der Waals surface area contributed by atoms with Crippen molar-refractivity contribution in [2.75, 3.05) is 38.2 Å². The summed E-state index contributed by atoms with van der Waals surface area (Å²) in [6.45, 7) is 1.86. The van der Waals surface area contributed by atoms with Crippen LogP contribution in [0.3, 0.4) is 0 Å². The fraction of sp³-hybridized carbons (Fsp3) is 0.333. The Labute approximate surface area is 176 Å². The van der Waals surface area contributed by atoms with Gasteiger partial charge in [-0.2, -0.15) is 4.31 Å². The summed E-state index contributed by atoms with van der Waals surface area (Å²) < 4.78 is 37.3. The number of rotatable bonds is 6. The molecule has 31 heavy (non-hydrogen) atoms. The molecule has 13 heteroatoms. The highest BCUT2D eigenvalue weighted by atomic mass is 32.2. The zero-order valence-corrected chi connectivity index (χ0v) is 17.3. The quantitative estimate of drug-likeness (QED) is 0.478. The van der Waals surface area contributed by atoms with Crippen LogP contribution < -0.4 is 16.6 Å². The summed E-state index contributed by atoms with van der Waals surface area (Å²) in [5.74, 6) is -1.94. The number of nitrogens with one attached hydrogen (secondary N) is 3. The molecule has 3 rings (SSSR count). The number of ether oxygens (including phenoxy) is 2. The summed E-state index contributed by atoms with van der Waals surface area (Å²) in [7, 11) is -3.89. The molecule has 2 heterocycles. The van der Waals surface area contributed by atoms with Crippen LogP contribution in [0.1, 0.15) is 15.9 Å². The number of H-pyrrole nitrogens is 2. The molecule has 12 nitrogen and oxygen atoms in total. The molecule has 1 fully saturated rings. The third-order valence-corrected chi connectivity index (χ3v) is 6.31. The first-order valence-corrected chi connectivity index (χ1v) is 10.6. The highest BCUT2D eigenvalue weighted by Crippen LogP contribution is 2.26. The number of carbonyl (C=O) groups excluding carboxylic acids is 2. The van der Waals surface area contributed by atoms with E-state index in [0.29, 0.717) is 5.56 Å². The van der Waals surface area contributed by atoms with E-state index in [1.54, 1.807) is 13.0 Å². The molecule has 0 bridgehead atoms. The van der Waals surface area contributed by atoms with Crippen molar-refractivity contribution in [1.82, 2.24) is 14.3 Å². The number of esters is 1. The highest BCUT2D eigenvalue weighted by Gasteiger charge is 2.29. The number of morpholine rings is 1. The Kier molecular flexibility index (Phi) is 6.68. The summed E-state index contributed by atoms with van der Waals surface area (Å²) in [6.07, 6.45) is 0.869. The first kappa shape index (κ1) is 22.4. The highest BCUT2D eigenvalue weighted by molar-refractivity contribution is 7.89. The van der Waals surface area contributed by atoms with Gasteiger partial charge in [0, 0.05) is 19.3 Å². The van der Waals surface area contributed by atoms with E-state index in [0.717, 1.165) is 6.20 Å². The number of anilines is 1. The van der Waals surface area contributed by atoms with Crippen molar-refractivity contribution in [1.29, 1.82) is 0 Å². The van der Waals surface area contributed by atoms with Crippen molar-refractivity contribution in [3.63, 3.8) is 0 Å². The molecule has 1 amide bonds. The molecule has 0 aliphatic carbocycles. The summed E-state index contributed by atoms with van der Waals surface area (Å²) >= 11 is 0. The SMILES string of the molecule is Cc1ccc(NC(=O)COC(=O)c2c[nH]c(=O)[nH]c2=O)c(S(=O)(=O)N2CCOCC2)c1. The molecule has 1 saturated heterocycles. The molecule has 2 aromatic rings. The lowest BCUT2D eigenvalue weighted by molar-refractivity contribution is -0.119. The lowest BCUT2D eigenvalue weighted by Gasteiger charge is -2.27. The third kappa shape index (κ3) is 5.25. The first-order valence-electron chi connectivity index (χ1n) is 9.16. The van der Waals surface area contributed by atoms with Gasteiger partial charge in [0.1, 0.15) is 10.5 Å². The largest absolute Gasteiger partial charge is 0.452 e. The molecule has 0 saturated carbocycles. The molecule has 1 aromatic heterocycles. The number of carbonyl (C=O) groups is 2. The number of sulfonamides is 1. The molecule has 1 aliphatic heterocycles. The molecule has 0 spiro atoms. The standard InChI is InChI=1S/C18H20N4O8S/c1-11-2-3-13(14(8-11)31(27,28)22-4-6-29-7-5-22)20-15(23)10-30-17(25)12-9-19-18(26)21-16(12)24/h2-3,8-9H,4-7,10H2,1H3,(H,20,23)(H2,19,21,24,26). The van der Waals surface area contributed by atoms with E-state index >= 15 is 0 Å². The van der Waals surface area contributed by atoms with Gasteiger partial charge in [-0.15, -0.1) is 0 Å². The Morgan fingerprint density at radius 1 is 1.23 bits per heavy atom. The first-order chi connectivity index (χ1) is 14.7. The molecule has 3 N–H and O–H groups in total. The number of hydrogen-bond donors (Lipinski definition) is 3. The maximum atomic E-state index is 13.0. The summed E-state index contributed by atoms with van der Waals surface area (Å²) in [5.41, 5.74) is -1.55. The summed E-state index contributed by atoms with van der Waals surface area (Å²) in [5, 5.41) is 2.42. The zero-order chi connectivity index (χ0) is 22.6. The van der Waals surface area contributed by atoms with Gasteiger partial charge in [-0.3, -0.25) is 14.6 Å². The fourth-order valence-corrected chi connectivity index (χ4v) is 4.47. The van der Waals surface area contributed by atoms with Crippen molar-refractivity contribution in [3.05, 3.63) is 56.4 Å². The molecule has 0 unspecified atom stereocenters. The van der Waals surface area contributed by atoms with Crippen molar-refractivity contribution in [3.8, 4) is 0 Å². The maximum absolute atomic E-state index is 13.0. The Morgan fingerprint density at radius 3 is 2.61 bits per heavy atom. The van der Waals surface area contributed by atoms with Gasteiger partial charge >= 0.3 is 11.7 Å². The smallest absolute Gasteiger partial charge is 0.345 e. The summed E-state index contributed by atoms with van der Waals surface area (Å²) in [6, 6.07) is 4.50. The van der Waals surface area contributed by atoms with E-state index in [2.05, 4.69) is 10.3 Å². The van der Waals surface area contributed by atoms with Crippen molar-refractivity contribution >= 4 is 27.6 Å². The maximum Gasteiger partial charge on any atom is 0.345 e. The minimum absolute atomic E-state index is 0.0278. The number of aryl methyl sites for hydroxylation is 1. The van der Waals surface area contributed by atoms with Gasteiger partial charge in [0.05, 0.1) is 18.9 Å². The van der Waals surface area contributed by atoms with Crippen LogP contribution in [0.2, 0.25) is 0 Å². The monoisotopic (exact) mass is 452 g/mol.